The van der Waals surface area contributed by atoms with Crippen LogP contribution in [-0.4, -0.2) is 14.1 Å². The standard InChI is InChI=1S/C47H35N3S/c1-47(2,3)32-23-25-33(26-24-32)50-43-20-8-6-18-40(43)48-46(50)31-12-10-13-34(28-31)49-41-19-7-4-14-36(41)39-29-30(22-27-42(39)49)35-16-11-17-38-37-15-5-9-21-44(37)51-45(35)38/h4-29H,1-3H3. The number of hydrogen-bond donors (Lipinski definition) is 0. The van der Waals surface area contributed by atoms with E-state index < -0.39 is 0 Å². The van der Waals surface area contributed by atoms with Crippen molar-refractivity contribution in [2.75, 3.05) is 0 Å². The fourth-order valence-electron chi connectivity index (χ4n) is 7.77. The molecule has 7 aromatic carbocycles. The molecule has 0 radical (unpaired) electrons. The molecule has 0 spiro atoms. The fraction of sp³-hybridized carbons (Fsp3) is 0.0851. The molecule has 0 fully saturated rings. The van der Waals surface area contributed by atoms with Gasteiger partial charge in [0, 0.05) is 47.9 Å². The molecule has 0 saturated carbocycles. The van der Waals surface area contributed by atoms with E-state index in [1.807, 2.05) is 11.3 Å². The van der Waals surface area contributed by atoms with E-state index in [1.165, 1.54) is 58.7 Å². The van der Waals surface area contributed by atoms with Crippen molar-refractivity contribution in [3.05, 3.63) is 163 Å². The Morgan fingerprint density at radius 3 is 2.04 bits per heavy atom. The van der Waals surface area contributed by atoms with Gasteiger partial charge in [0.1, 0.15) is 5.82 Å². The second kappa shape index (κ2) is 11.3. The molecule has 0 unspecified atom stereocenters. The number of aromatic nitrogens is 3. The van der Waals surface area contributed by atoms with E-state index in [1.54, 1.807) is 0 Å². The first kappa shape index (κ1) is 29.9. The number of thiophene rings is 1. The Bertz CT molecular complexity index is 2950. The zero-order chi connectivity index (χ0) is 34.3. The quantitative estimate of drug-likeness (QED) is 0.182. The zero-order valence-corrected chi connectivity index (χ0v) is 29.6. The highest BCUT2D eigenvalue weighted by molar-refractivity contribution is 7.26. The Hall–Kier alpha value is -5.97. The summed E-state index contributed by atoms with van der Waals surface area (Å²) in [5, 5.41) is 5.14. The highest BCUT2D eigenvalue weighted by Crippen LogP contribution is 2.42. The van der Waals surface area contributed by atoms with Gasteiger partial charge in [-0.05, 0) is 82.8 Å². The minimum absolute atomic E-state index is 0.0850. The summed E-state index contributed by atoms with van der Waals surface area (Å²) in [4.78, 5) is 5.22. The molecule has 0 atom stereocenters. The normalized spacial score (nSPS) is 12.2. The molecule has 3 nitrogen and oxygen atoms in total. The second-order valence-electron chi connectivity index (χ2n) is 14.5. The third kappa shape index (κ3) is 4.75. The number of fused-ring (bicyclic) bond motifs is 7. The van der Waals surface area contributed by atoms with Crippen LogP contribution in [-0.2, 0) is 5.41 Å². The summed E-state index contributed by atoms with van der Waals surface area (Å²) < 4.78 is 7.37. The molecule has 10 rings (SSSR count). The molecule has 0 saturated heterocycles. The molecular weight excluding hydrogens is 639 g/mol. The van der Waals surface area contributed by atoms with Gasteiger partial charge in [-0.15, -0.1) is 11.3 Å². The van der Waals surface area contributed by atoms with Gasteiger partial charge in [0.05, 0.1) is 22.1 Å². The predicted octanol–water partition coefficient (Wildman–Crippen LogP) is 13.1. The van der Waals surface area contributed by atoms with Gasteiger partial charge in [-0.3, -0.25) is 4.57 Å². The average Bonchev–Trinajstić information content (AvgIpc) is 3.84. The smallest absolute Gasteiger partial charge is 0.145 e. The second-order valence-corrected chi connectivity index (χ2v) is 15.5. The van der Waals surface area contributed by atoms with Crippen LogP contribution in [0.2, 0.25) is 0 Å². The lowest BCUT2D eigenvalue weighted by Gasteiger charge is -2.19. The Labute approximate surface area is 300 Å². The number of benzene rings is 7. The Morgan fingerprint density at radius 2 is 1.20 bits per heavy atom. The number of hydrogen-bond acceptors (Lipinski definition) is 2. The first-order valence-corrected chi connectivity index (χ1v) is 18.4. The Morgan fingerprint density at radius 1 is 0.490 bits per heavy atom. The van der Waals surface area contributed by atoms with Gasteiger partial charge in [0.2, 0.25) is 0 Å². The summed E-state index contributed by atoms with van der Waals surface area (Å²) in [6.45, 7) is 6.77. The highest BCUT2D eigenvalue weighted by atomic mass is 32.1. The minimum atomic E-state index is 0.0850. The topological polar surface area (TPSA) is 22.8 Å². The number of para-hydroxylation sites is 3. The molecule has 0 aliphatic carbocycles. The largest absolute Gasteiger partial charge is 0.309 e. The molecule has 3 aromatic heterocycles. The molecule has 244 valence electrons. The van der Waals surface area contributed by atoms with Crippen LogP contribution in [0.25, 0.3) is 86.9 Å². The zero-order valence-electron chi connectivity index (χ0n) is 28.8. The summed E-state index contributed by atoms with van der Waals surface area (Å²) in [6.07, 6.45) is 0. The first-order valence-electron chi connectivity index (χ1n) is 17.6. The number of imidazole rings is 1. The number of nitrogens with zero attached hydrogens (tertiary/aromatic N) is 3. The molecule has 0 N–H and O–H groups in total. The molecule has 4 heteroatoms. The van der Waals surface area contributed by atoms with E-state index in [-0.39, 0.29) is 5.41 Å². The monoisotopic (exact) mass is 673 g/mol. The van der Waals surface area contributed by atoms with E-state index in [2.05, 4.69) is 188 Å². The van der Waals surface area contributed by atoms with Crippen molar-refractivity contribution in [3.63, 3.8) is 0 Å². The van der Waals surface area contributed by atoms with E-state index in [0.29, 0.717) is 0 Å². The van der Waals surface area contributed by atoms with Crippen molar-refractivity contribution in [2.45, 2.75) is 26.2 Å². The van der Waals surface area contributed by atoms with Gasteiger partial charge in [-0.2, -0.15) is 0 Å². The maximum Gasteiger partial charge on any atom is 0.145 e. The van der Waals surface area contributed by atoms with Gasteiger partial charge < -0.3 is 4.57 Å². The minimum Gasteiger partial charge on any atom is -0.309 e. The van der Waals surface area contributed by atoms with Crippen LogP contribution in [0.3, 0.4) is 0 Å². The van der Waals surface area contributed by atoms with E-state index >= 15 is 0 Å². The molecular formula is C47H35N3S. The van der Waals surface area contributed by atoms with Crippen LogP contribution in [0.15, 0.2) is 158 Å². The summed E-state index contributed by atoms with van der Waals surface area (Å²) >= 11 is 1.88. The van der Waals surface area contributed by atoms with Crippen molar-refractivity contribution in [3.8, 4) is 33.9 Å². The molecule has 3 heterocycles. The summed E-state index contributed by atoms with van der Waals surface area (Å²) in [5.41, 5.74) is 11.7. The molecule has 0 aliphatic heterocycles. The lowest BCUT2D eigenvalue weighted by molar-refractivity contribution is 0.590. The van der Waals surface area contributed by atoms with Gasteiger partial charge >= 0.3 is 0 Å². The van der Waals surface area contributed by atoms with Crippen LogP contribution < -0.4 is 0 Å². The van der Waals surface area contributed by atoms with Crippen molar-refractivity contribution in [2.24, 2.45) is 0 Å². The molecule has 0 aliphatic rings. The predicted molar refractivity (Wildman–Crippen MR) is 218 cm³/mol. The first-order chi connectivity index (χ1) is 24.9. The average molecular weight is 674 g/mol. The van der Waals surface area contributed by atoms with E-state index in [9.17, 15) is 0 Å². The van der Waals surface area contributed by atoms with Gasteiger partial charge in [0.15, 0.2) is 0 Å². The fourth-order valence-corrected chi connectivity index (χ4v) is 9.01. The molecule has 0 amide bonds. The van der Waals surface area contributed by atoms with Crippen LogP contribution in [0.5, 0.6) is 0 Å². The third-order valence-electron chi connectivity index (χ3n) is 10.3. The van der Waals surface area contributed by atoms with Crippen molar-refractivity contribution >= 4 is 64.3 Å². The maximum absolute atomic E-state index is 5.22. The summed E-state index contributed by atoms with van der Waals surface area (Å²) in [6, 6.07) is 57.4. The third-order valence-corrected chi connectivity index (χ3v) is 11.5. The van der Waals surface area contributed by atoms with Crippen molar-refractivity contribution < 1.29 is 0 Å². The van der Waals surface area contributed by atoms with Gasteiger partial charge in [-0.25, -0.2) is 4.98 Å². The van der Waals surface area contributed by atoms with E-state index in [4.69, 9.17) is 4.98 Å². The van der Waals surface area contributed by atoms with Crippen LogP contribution in [0.1, 0.15) is 26.3 Å². The highest BCUT2D eigenvalue weighted by Gasteiger charge is 2.19. The van der Waals surface area contributed by atoms with Crippen LogP contribution in [0, 0.1) is 0 Å². The van der Waals surface area contributed by atoms with Gasteiger partial charge in [-0.1, -0.05) is 118 Å². The molecule has 10 aromatic rings. The SMILES string of the molecule is CC(C)(C)c1ccc(-n2c(-c3cccc(-n4c5ccccc5c5cc(-c6cccc7c6sc6ccccc67)ccc54)c3)nc3ccccc32)cc1. The number of rotatable bonds is 4. The Kier molecular flexibility index (Phi) is 6.61. The van der Waals surface area contributed by atoms with Crippen molar-refractivity contribution in [1.29, 1.82) is 0 Å². The summed E-state index contributed by atoms with van der Waals surface area (Å²) in [5.74, 6) is 0.932. The Balaban J connectivity index is 1.14. The lowest BCUT2D eigenvalue weighted by atomic mass is 9.87. The summed E-state index contributed by atoms with van der Waals surface area (Å²) in [7, 11) is 0. The van der Waals surface area contributed by atoms with Crippen LogP contribution >= 0.6 is 11.3 Å². The maximum atomic E-state index is 5.22. The molecule has 0 bridgehead atoms. The van der Waals surface area contributed by atoms with Crippen molar-refractivity contribution in [1.82, 2.24) is 14.1 Å². The van der Waals surface area contributed by atoms with Crippen LogP contribution in [0.4, 0.5) is 0 Å². The lowest BCUT2D eigenvalue weighted by Crippen LogP contribution is -2.11. The molecule has 51 heavy (non-hydrogen) atoms. The van der Waals surface area contributed by atoms with E-state index in [0.717, 1.165) is 33.8 Å². The van der Waals surface area contributed by atoms with Gasteiger partial charge in [0.25, 0.3) is 0 Å².